The van der Waals surface area contributed by atoms with E-state index in [-0.39, 0.29) is 11.7 Å². The van der Waals surface area contributed by atoms with E-state index in [1.807, 2.05) is 19.1 Å². The molecule has 1 aromatic heterocycles. The van der Waals surface area contributed by atoms with Gasteiger partial charge in [-0.15, -0.1) is 0 Å². The van der Waals surface area contributed by atoms with Crippen molar-refractivity contribution in [1.82, 2.24) is 10.4 Å². The molecule has 0 fully saturated rings. The molecule has 1 heterocycles. The first-order valence-electron chi connectivity index (χ1n) is 8.61. The number of nitrogen functional groups attached to an aromatic ring is 1. The van der Waals surface area contributed by atoms with E-state index >= 15 is 0 Å². The molecule has 3 rings (SSSR count). The minimum atomic E-state index is -0.332. The minimum Gasteiger partial charge on any atom is -0.489 e. The Labute approximate surface area is 165 Å². The molecule has 144 valence electrons. The standard InChI is InChI=1S/C20H19FN4O2S/c1-2-17-18(28-20(22)24-17)19(26)25-23-11-13-5-9-16(10-6-13)27-12-14-3-7-15(21)8-4-14/h3-11H,2,12H2,1H3,(H2,22,24)(H,25,26)/b23-11+. The number of aromatic nitrogens is 1. The van der Waals surface area contributed by atoms with Crippen molar-refractivity contribution < 1.29 is 13.9 Å². The molecule has 0 radical (unpaired) electrons. The number of nitrogens with zero attached hydrogens (tertiary/aromatic N) is 2. The molecule has 1 amide bonds. The fraction of sp³-hybridized carbons (Fsp3) is 0.150. The fourth-order valence-electron chi connectivity index (χ4n) is 2.40. The van der Waals surface area contributed by atoms with Crippen LogP contribution in [0.4, 0.5) is 9.52 Å². The Morgan fingerprint density at radius 1 is 1.25 bits per heavy atom. The highest BCUT2D eigenvalue weighted by molar-refractivity contribution is 7.17. The van der Waals surface area contributed by atoms with Gasteiger partial charge in [-0.25, -0.2) is 14.8 Å². The average molecular weight is 398 g/mol. The van der Waals surface area contributed by atoms with Gasteiger partial charge in [-0.1, -0.05) is 30.4 Å². The highest BCUT2D eigenvalue weighted by Crippen LogP contribution is 2.20. The lowest BCUT2D eigenvalue weighted by Crippen LogP contribution is -2.17. The van der Waals surface area contributed by atoms with Gasteiger partial charge >= 0.3 is 0 Å². The normalized spacial score (nSPS) is 10.9. The Morgan fingerprint density at radius 3 is 2.64 bits per heavy atom. The van der Waals surface area contributed by atoms with Crippen LogP contribution in [0.2, 0.25) is 0 Å². The van der Waals surface area contributed by atoms with Gasteiger partial charge in [-0.2, -0.15) is 5.10 Å². The minimum absolute atomic E-state index is 0.274. The molecule has 0 bridgehead atoms. The molecule has 2 aromatic carbocycles. The second-order valence-electron chi connectivity index (χ2n) is 5.86. The third-order valence-electron chi connectivity index (χ3n) is 3.83. The van der Waals surface area contributed by atoms with Crippen LogP contribution < -0.4 is 15.9 Å². The summed E-state index contributed by atoms with van der Waals surface area (Å²) in [6, 6.07) is 13.4. The highest BCUT2D eigenvalue weighted by atomic mass is 32.1. The monoisotopic (exact) mass is 398 g/mol. The summed E-state index contributed by atoms with van der Waals surface area (Å²) in [5.74, 6) is 0.0731. The van der Waals surface area contributed by atoms with Gasteiger partial charge in [0.05, 0.1) is 11.9 Å². The first-order chi connectivity index (χ1) is 13.5. The zero-order valence-corrected chi connectivity index (χ0v) is 16.0. The van der Waals surface area contributed by atoms with E-state index in [0.29, 0.717) is 34.5 Å². The van der Waals surface area contributed by atoms with Gasteiger partial charge < -0.3 is 10.5 Å². The molecule has 28 heavy (non-hydrogen) atoms. The third kappa shape index (κ3) is 5.14. The fourth-order valence-corrected chi connectivity index (χ4v) is 3.21. The number of carbonyl (C=O) groups excluding carboxylic acids is 1. The van der Waals surface area contributed by atoms with Gasteiger partial charge in [0.15, 0.2) is 5.13 Å². The summed E-state index contributed by atoms with van der Waals surface area (Å²) in [7, 11) is 0. The Kier molecular flexibility index (Phi) is 6.33. The summed E-state index contributed by atoms with van der Waals surface area (Å²) in [4.78, 5) is 16.8. The first-order valence-corrected chi connectivity index (χ1v) is 9.42. The summed E-state index contributed by atoms with van der Waals surface area (Å²) in [6.07, 6.45) is 2.16. The smallest absolute Gasteiger partial charge is 0.283 e. The Hall–Kier alpha value is -3.26. The second kappa shape index (κ2) is 9.09. The molecule has 0 unspecified atom stereocenters. The summed E-state index contributed by atoms with van der Waals surface area (Å²) in [6.45, 7) is 2.26. The van der Waals surface area contributed by atoms with Crippen molar-refractivity contribution in [1.29, 1.82) is 0 Å². The second-order valence-corrected chi connectivity index (χ2v) is 6.90. The maximum atomic E-state index is 12.9. The number of thiazole rings is 1. The largest absolute Gasteiger partial charge is 0.489 e. The Balaban J connectivity index is 1.53. The van der Waals surface area contributed by atoms with Gasteiger partial charge in [0.25, 0.3) is 5.91 Å². The lowest BCUT2D eigenvalue weighted by Gasteiger charge is -2.06. The van der Waals surface area contributed by atoms with Crippen molar-refractivity contribution >= 4 is 28.6 Å². The van der Waals surface area contributed by atoms with E-state index in [9.17, 15) is 9.18 Å². The maximum Gasteiger partial charge on any atom is 0.283 e. The molecule has 0 aliphatic carbocycles. The Bertz CT molecular complexity index is 969. The first kappa shape index (κ1) is 19.5. The van der Waals surface area contributed by atoms with Crippen LogP contribution in [0.1, 0.15) is 33.4 Å². The van der Waals surface area contributed by atoms with Crippen LogP contribution in [-0.2, 0) is 13.0 Å². The van der Waals surface area contributed by atoms with Crippen LogP contribution in [0.3, 0.4) is 0 Å². The van der Waals surface area contributed by atoms with E-state index < -0.39 is 0 Å². The SMILES string of the molecule is CCc1nc(N)sc1C(=O)N/N=C/c1ccc(OCc2ccc(F)cc2)cc1. The van der Waals surface area contributed by atoms with Crippen LogP contribution in [0.25, 0.3) is 0 Å². The van der Waals surface area contributed by atoms with Crippen molar-refractivity contribution in [3.63, 3.8) is 0 Å². The number of nitrogens with one attached hydrogen (secondary N) is 1. The number of rotatable bonds is 7. The molecular formula is C20H19FN4O2S. The zero-order valence-electron chi connectivity index (χ0n) is 15.2. The van der Waals surface area contributed by atoms with E-state index in [0.717, 1.165) is 22.5 Å². The van der Waals surface area contributed by atoms with E-state index in [2.05, 4.69) is 15.5 Å². The predicted octanol–water partition coefficient (Wildman–Crippen LogP) is 3.77. The van der Waals surface area contributed by atoms with Gasteiger partial charge in [0.2, 0.25) is 0 Å². The summed E-state index contributed by atoms with van der Waals surface area (Å²) in [5.41, 5.74) is 10.5. The molecule has 0 saturated heterocycles. The number of aryl methyl sites for hydroxylation is 1. The molecule has 3 N–H and O–H groups in total. The van der Waals surface area contributed by atoms with Crippen LogP contribution >= 0.6 is 11.3 Å². The summed E-state index contributed by atoms with van der Waals surface area (Å²) < 4.78 is 18.6. The molecule has 0 aliphatic heterocycles. The van der Waals surface area contributed by atoms with Crippen molar-refractivity contribution in [3.05, 3.63) is 76.0 Å². The number of carbonyl (C=O) groups is 1. The molecular weight excluding hydrogens is 379 g/mol. The molecule has 3 aromatic rings. The van der Waals surface area contributed by atoms with Crippen LogP contribution in [0, 0.1) is 5.82 Å². The highest BCUT2D eigenvalue weighted by Gasteiger charge is 2.15. The number of amides is 1. The van der Waals surface area contributed by atoms with Crippen LogP contribution in [0.5, 0.6) is 5.75 Å². The number of anilines is 1. The maximum absolute atomic E-state index is 12.9. The zero-order chi connectivity index (χ0) is 19.9. The summed E-state index contributed by atoms with van der Waals surface area (Å²) in [5, 5.41) is 4.33. The number of hydrogen-bond donors (Lipinski definition) is 2. The molecule has 0 saturated carbocycles. The van der Waals surface area contributed by atoms with Gasteiger partial charge in [0, 0.05) is 0 Å². The van der Waals surface area contributed by atoms with E-state index in [4.69, 9.17) is 10.5 Å². The van der Waals surface area contributed by atoms with Gasteiger partial charge in [0.1, 0.15) is 23.1 Å². The third-order valence-corrected chi connectivity index (χ3v) is 4.76. The molecule has 8 heteroatoms. The van der Waals surface area contributed by atoms with Crippen molar-refractivity contribution in [2.75, 3.05) is 5.73 Å². The van der Waals surface area contributed by atoms with Gasteiger partial charge in [-0.05, 0) is 53.9 Å². The number of benzene rings is 2. The lowest BCUT2D eigenvalue weighted by molar-refractivity contribution is 0.0958. The van der Waals surface area contributed by atoms with Crippen molar-refractivity contribution in [2.24, 2.45) is 5.10 Å². The number of halogens is 1. The van der Waals surface area contributed by atoms with Crippen molar-refractivity contribution in [2.45, 2.75) is 20.0 Å². The number of nitrogens with two attached hydrogens (primary N) is 1. The number of ether oxygens (including phenoxy) is 1. The number of hydrogen-bond acceptors (Lipinski definition) is 6. The van der Waals surface area contributed by atoms with E-state index in [1.165, 1.54) is 18.3 Å². The average Bonchev–Trinajstić information content (AvgIpc) is 3.09. The Morgan fingerprint density at radius 2 is 1.96 bits per heavy atom. The molecule has 0 spiro atoms. The summed E-state index contributed by atoms with van der Waals surface area (Å²) >= 11 is 1.14. The quantitative estimate of drug-likeness (QED) is 0.468. The van der Waals surface area contributed by atoms with Gasteiger partial charge in [-0.3, -0.25) is 4.79 Å². The van der Waals surface area contributed by atoms with E-state index in [1.54, 1.807) is 24.3 Å². The van der Waals surface area contributed by atoms with Crippen molar-refractivity contribution in [3.8, 4) is 5.75 Å². The molecule has 0 aliphatic rings. The molecule has 6 nitrogen and oxygen atoms in total. The number of hydrazone groups is 1. The molecule has 0 atom stereocenters. The van der Waals surface area contributed by atoms with Crippen LogP contribution in [-0.4, -0.2) is 17.1 Å². The van der Waals surface area contributed by atoms with Crippen LogP contribution in [0.15, 0.2) is 53.6 Å². The topological polar surface area (TPSA) is 89.6 Å². The predicted molar refractivity (Wildman–Crippen MR) is 108 cm³/mol. The lowest BCUT2D eigenvalue weighted by atomic mass is 10.2.